The van der Waals surface area contributed by atoms with Crippen LogP contribution >= 0.6 is 0 Å². The lowest BCUT2D eigenvalue weighted by atomic mass is 9.35. The molecule has 5 saturated carbocycles. The number of carboxylic acid groups (broad SMARTS) is 1. The summed E-state index contributed by atoms with van der Waals surface area (Å²) in [5, 5.41) is 21.1. The normalized spacial score (nSPS) is 56.4. The number of rotatable bonds is 2. The molecule has 5 aliphatic rings. The van der Waals surface area contributed by atoms with E-state index in [2.05, 4.69) is 6.92 Å². The van der Waals surface area contributed by atoms with Gasteiger partial charge in [-0.3, -0.25) is 4.79 Å². The number of aliphatic hydroxyl groups is 1. The first-order chi connectivity index (χ1) is 11.3. The third kappa shape index (κ3) is 1.85. The van der Waals surface area contributed by atoms with Gasteiger partial charge in [-0.25, -0.2) is 0 Å². The van der Waals surface area contributed by atoms with Crippen molar-refractivity contribution in [3.8, 4) is 0 Å². The summed E-state index contributed by atoms with van der Waals surface area (Å²) in [5.74, 6) is 0.889. The molecule has 4 heteroatoms. The van der Waals surface area contributed by atoms with E-state index in [1.165, 1.54) is 6.42 Å². The Balaban J connectivity index is 1.75. The Labute approximate surface area is 145 Å². The maximum Gasteiger partial charge on any atom is 0.309 e. The molecular weight excluding hydrogens is 302 g/mol. The fraction of sp³-hybridized carbons (Fsp3) is 0.950. The summed E-state index contributed by atoms with van der Waals surface area (Å²) in [6.45, 7) is 4.93. The molecule has 5 aliphatic carbocycles. The van der Waals surface area contributed by atoms with Gasteiger partial charge in [-0.15, -0.1) is 0 Å². The molecule has 8 atom stereocenters. The molecule has 136 valence electrons. The van der Waals surface area contributed by atoms with E-state index in [4.69, 9.17) is 5.73 Å². The molecular formula is C20H33NO3. The Kier molecular flexibility index (Phi) is 3.65. The SMILES string of the molecule is C[C@@]12CCC[C@@](C)(C(=O)O)[C@H]1CC[C@@]13CC[C@@H](C[C@@H]21)[C@H](CN)[C@H]3O. The van der Waals surface area contributed by atoms with Crippen molar-refractivity contribution in [3.05, 3.63) is 0 Å². The van der Waals surface area contributed by atoms with Crippen molar-refractivity contribution in [1.82, 2.24) is 0 Å². The lowest BCUT2D eigenvalue weighted by Gasteiger charge is -2.69. The number of nitrogens with two attached hydrogens (primary N) is 1. The molecule has 0 aromatic carbocycles. The summed E-state index contributed by atoms with van der Waals surface area (Å²) < 4.78 is 0. The van der Waals surface area contributed by atoms with Gasteiger partial charge in [0.2, 0.25) is 0 Å². The Morgan fingerprint density at radius 2 is 1.83 bits per heavy atom. The van der Waals surface area contributed by atoms with Crippen LogP contribution in [-0.2, 0) is 4.79 Å². The standard InChI is InChI=1S/C20H33NO3/c1-18-6-3-7-19(2,17(23)24)14(18)5-9-20-8-4-12(10-15(18)20)13(11-21)16(20)22/h12-16,22H,3-11,21H2,1-2H3,(H,23,24)/t12-,13-,14-,15-,16+,18+,19+,20-/m0/s1. The van der Waals surface area contributed by atoms with E-state index in [0.717, 1.165) is 44.9 Å². The second-order valence-corrected chi connectivity index (χ2v) is 9.84. The number of aliphatic hydroxyl groups excluding tert-OH is 1. The summed E-state index contributed by atoms with van der Waals surface area (Å²) in [5.41, 5.74) is 5.47. The number of hydrogen-bond donors (Lipinski definition) is 3. The third-order valence-electron chi connectivity index (χ3n) is 9.25. The minimum atomic E-state index is -0.615. The third-order valence-corrected chi connectivity index (χ3v) is 9.25. The van der Waals surface area contributed by atoms with Crippen LogP contribution < -0.4 is 5.73 Å². The van der Waals surface area contributed by atoms with E-state index in [0.29, 0.717) is 18.4 Å². The average Bonchev–Trinajstić information content (AvgIpc) is 2.55. The molecule has 4 N–H and O–H groups in total. The Morgan fingerprint density at radius 3 is 2.50 bits per heavy atom. The molecule has 4 nitrogen and oxygen atoms in total. The monoisotopic (exact) mass is 335 g/mol. The average molecular weight is 335 g/mol. The minimum Gasteiger partial charge on any atom is -0.481 e. The van der Waals surface area contributed by atoms with Crippen LogP contribution in [0.4, 0.5) is 0 Å². The number of carbonyl (C=O) groups is 1. The highest BCUT2D eigenvalue weighted by atomic mass is 16.4. The highest BCUT2D eigenvalue weighted by molar-refractivity contribution is 5.75. The van der Waals surface area contributed by atoms with Crippen LogP contribution in [0.2, 0.25) is 0 Å². The summed E-state index contributed by atoms with van der Waals surface area (Å²) in [6, 6.07) is 0. The predicted molar refractivity (Wildman–Crippen MR) is 92.2 cm³/mol. The van der Waals surface area contributed by atoms with E-state index in [-0.39, 0.29) is 28.8 Å². The van der Waals surface area contributed by atoms with E-state index in [1.54, 1.807) is 0 Å². The van der Waals surface area contributed by atoms with Crippen LogP contribution in [0.15, 0.2) is 0 Å². The second kappa shape index (κ2) is 5.20. The van der Waals surface area contributed by atoms with E-state index in [1.807, 2.05) is 6.92 Å². The fourth-order valence-corrected chi connectivity index (χ4v) is 8.05. The van der Waals surface area contributed by atoms with Gasteiger partial charge in [0.15, 0.2) is 0 Å². The lowest BCUT2D eigenvalue weighted by molar-refractivity contribution is -0.243. The number of fused-ring (bicyclic) bond motifs is 3. The first-order valence-electron chi connectivity index (χ1n) is 9.91. The molecule has 24 heavy (non-hydrogen) atoms. The quantitative estimate of drug-likeness (QED) is 0.724. The van der Waals surface area contributed by atoms with Crippen LogP contribution in [-0.4, -0.2) is 28.8 Å². The molecule has 0 saturated heterocycles. The highest BCUT2D eigenvalue weighted by Crippen LogP contribution is 2.72. The Morgan fingerprint density at radius 1 is 1.12 bits per heavy atom. The zero-order valence-electron chi connectivity index (χ0n) is 15.1. The van der Waals surface area contributed by atoms with Crippen LogP contribution in [0.3, 0.4) is 0 Å². The number of hydrogen-bond acceptors (Lipinski definition) is 3. The highest BCUT2D eigenvalue weighted by Gasteiger charge is 2.68. The van der Waals surface area contributed by atoms with Crippen LogP contribution in [0, 0.1) is 39.9 Å². The van der Waals surface area contributed by atoms with Crippen LogP contribution in [0.1, 0.15) is 65.2 Å². The van der Waals surface area contributed by atoms with Gasteiger partial charge >= 0.3 is 5.97 Å². The van der Waals surface area contributed by atoms with Gasteiger partial charge in [-0.1, -0.05) is 13.3 Å². The van der Waals surface area contributed by atoms with Crippen molar-refractivity contribution < 1.29 is 15.0 Å². The van der Waals surface area contributed by atoms with Gasteiger partial charge in [-0.2, -0.15) is 0 Å². The van der Waals surface area contributed by atoms with Crippen molar-refractivity contribution in [2.75, 3.05) is 6.54 Å². The van der Waals surface area contributed by atoms with Crippen molar-refractivity contribution >= 4 is 5.97 Å². The van der Waals surface area contributed by atoms with Crippen molar-refractivity contribution in [2.24, 2.45) is 45.7 Å². The first kappa shape index (κ1) is 16.8. The largest absolute Gasteiger partial charge is 0.481 e. The number of carboxylic acids is 1. The molecule has 0 heterocycles. The summed E-state index contributed by atoms with van der Waals surface area (Å²) in [6.07, 6.45) is 8.07. The summed E-state index contributed by atoms with van der Waals surface area (Å²) >= 11 is 0. The molecule has 0 aromatic rings. The first-order valence-corrected chi connectivity index (χ1v) is 9.91. The summed E-state index contributed by atoms with van der Waals surface area (Å²) in [4.78, 5) is 12.1. The zero-order valence-corrected chi connectivity index (χ0v) is 15.1. The molecule has 0 unspecified atom stereocenters. The van der Waals surface area contributed by atoms with E-state index >= 15 is 0 Å². The summed E-state index contributed by atoms with van der Waals surface area (Å²) in [7, 11) is 0. The van der Waals surface area contributed by atoms with Crippen molar-refractivity contribution in [2.45, 2.75) is 71.3 Å². The minimum absolute atomic E-state index is 0.000784. The molecule has 0 radical (unpaired) electrons. The molecule has 0 aromatic heterocycles. The molecule has 5 fully saturated rings. The van der Waals surface area contributed by atoms with Crippen molar-refractivity contribution in [3.63, 3.8) is 0 Å². The van der Waals surface area contributed by atoms with Gasteiger partial charge in [0.25, 0.3) is 0 Å². The predicted octanol–water partition coefficient (Wildman–Crippen LogP) is 3.03. The lowest BCUT2D eigenvalue weighted by Crippen LogP contribution is -2.67. The van der Waals surface area contributed by atoms with Crippen LogP contribution in [0.5, 0.6) is 0 Å². The zero-order chi connectivity index (χ0) is 17.3. The van der Waals surface area contributed by atoms with E-state index in [9.17, 15) is 15.0 Å². The maximum atomic E-state index is 12.1. The van der Waals surface area contributed by atoms with E-state index < -0.39 is 11.4 Å². The number of aliphatic carboxylic acids is 1. The van der Waals surface area contributed by atoms with Gasteiger partial charge in [-0.05, 0) is 81.6 Å². The maximum absolute atomic E-state index is 12.1. The molecule has 2 bridgehead atoms. The van der Waals surface area contributed by atoms with Gasteiger partial charge < -0.3 is 15.9 Å². The fourth-order valence-electron chi connectivity index (χ4n) is 8.05. The van der Waals surface area contributed by atoms with Gasteiger partial charge in [0.05, 0.1) is 11.5 Å². The second-order valence-electron chi connectivity index (χ2n) is 9.84. The topological polar surface area (TPSA) is 83.5 Å². The Bertz CT molecular complexity index is 551. The molecule has 1 spiro atoms. The van der Waals surface area contributed by atoms with Crippen molar-refractivity contribution in [1.29, 1.82) is 0 Å². The Hall–Kier alpha value is -0.610. The smallest absolute Gasteiger partial charge is 0.309 e. The van der Waals surface area contributed by atoms with Gasteiger partial charge in [0, 0.05) is 11.3 Å². The molecule has 0 aliphatic heterocycles. The van der Waals surface area contributed by atoms with Crippen LogP contribution in [0.25, 0.3) is 0 Å². The molecule has 0 amide bonds. The molecule has 5 rings (SSSR count). The van der Waals surface area contributed by atoms with Gasteiger partial charge in [0.1, 0.15) is 0 Å².